The number of hydrogen-bond acceptors (Lipinski definition) is 4. The Hall–Kier alpha value is -2.98. The van der Waals surface area contributed by atoms with Gasteiger partial charge in [0, 0.05) is 18.0 Å². The fourth-order valence-electron chi connectivity index (χ4n) is 4.11. The van der Waals surface area contributed by atoms with Gasteiger partial charge in [0.2, 0.25) is 11.7 Å². The minimum absolute atomic E-state index is 0.355. The van der Waals surface area contributed by atoms with E-state index in [1.165, 1.54) is 16.3 Å². The Balaban J connectivity index is 1.25. The second-order valence-electron chi connectivity index (χ2n) is 7.51. The van der Waals surface area contributed by atoms with E-state index in [1.54, 1.807) is 0 Å². The zero-order valence-electron chi connectivity index (χ0n) is 15.8. The molecule has 1 fully saturated rings. The first-order valence-corrected chi connectivity index (χ1v) is 9.95. The molecule has 4 nitrogen and oxygen atoms in total. The topological polar surface area (TPSA) is 42.2 Å². The number of likely N-dealkylation sites (tertiary alicyclic amines) is 1. The minimum atomic E-state index is 0.355. The van der Waals surface area contributed by atoms with Crippen molar-refractivity contribution in [1.29, 1.82) is 0 Å². The lowest BCUT2D eigenvalue weighted by atomic mass is 9.96. The number of rotatable bonds is 4. The molecule has 0 amide bonds. The van der Waals surface area contributed by atoms with Crippen LogP contribution in [0.5, 0.6) is 0 Å². The Morgan fingerprint density at radius 3 is 2.46 bits per heavy atom. The van der Waals surface area contributed by atoms with Crippen LogP contribution in [-0.4, -0.2) is 28.1 Å². The molecule has 1 aromatic heterocycles. The lowest BCUT2D eigenvalue weighted by Gasteiger charge is -2.30. The number of fused-ring (bicyclic) bond motifs is 1. The molecule has 28 heavy (non-hydrogen) atoms. The summed E-state index contributed by atoms with van der Waals surface area (Å²) in [6, 6.07) is 25.3. The maximum Gasteiger partial charge on any atom is 0.230 e. The Kier molecular flexibility index (Phi) is 4.63. The first kappa shape index (κ1) is 17.1. The summed E-state index contributed by atoms with van der Waals surface area (Å²) < 4.78 is 5.59. The highest BCUT2D eigenvalue weighted by Crippen LogP contribution is 2.30. The Bertz CT molecular complexity index is 1060. The summed E-state index contributed by atoms with van der Waals surface area (Å²) >= 11 is 0. The number of aromatic nitrogens is 2. The largest absolute Gasteiger partial charge is 0.339 e. The summed E-state index contributed by atoms with van der Waals surface area (Å²) in [5.74, 6) is 1.83. The van der Waals surface area contributed by atoms with Crippen molar-refractivity contribution in [1.82, 2.24) is 15.0 Å². The van der Waals surface area contributed by atoms with Gasteiger partial charge in [0.05, 0.1) is 0 Å². The lowest BCUT2D eigenvalue weighted by Crippen LogP contribution is -2.32. The molecule has 0 aliphatic carbocycles. The van der Waals surface area contributed by atoms with Crippen molar-refractivity contribution in [3.05, 3.63) is 84.3 Å². The zero-order chi connectivity index (χ0) is 18.8. The van der Waals surface area contributed by atoms with Gasteiger partial charge >= 0.3 is 0 Å². The van der Waals surface area contributed by atoms with Crippen molar-refractivity contribution in [3.8, 4) is 11.4 Å². The Labute approximate surface area is 164 Å². The standard InChI is InChI=1S/C24H23N3O/c1-2-8-19(9-3-1)23-25-24(28-26-23)20-13-15-27(16-14-20)17-21-11-6-10-18-7-4-5-12-22(18)21/h1-12,20H,13-17H2. The van der Waals surface area contributed by atoms with Gasteiger partial charge in [-0.25, -0.2) is 0 Å². The molecular formula is C24H23N3O. The molecule has 3 aromatic carbocycles. The predicted octanol–water partition coefficient (Wildman–Crippen LogP) is 5.27. The third-order valence-electron chi connectivity index (χ3n) is 5.68. The number of benzene rings is 3. The maximum absolute atomic E-state index is 5.59. The van der Waals surface area contributed by atoms with Gasteiger partial charge < -0.3 is 4.52 Å². The van der Waals surface area contributed by atoms with E-state index in [2.05, 4.69) is 57.5 Å². The smallest absolute Gasteiger partial charge is 0.230 e. The molecule has 0 N–H and O–H groups in total. The van der Waals surface area contributed by atoms with Crippen LogP contribution in [0.1, 0.15) is 30.2 Å². The Morgan fingerprint density at radius 2 is 1.61 bits per heavy atom. The monoisotopic (exact) mass is 369 g/mol. The van der Waals surface area contributed by atoms with Crippen LogP contribution in [0.4, 0.5) is 0 Å². The highest BCUT2D eigenvalue weighted by Gasteiger charge is 2.25. The van der Waals surface area contributed by atoms with Gasteiger partial charge in [-0.3, -0.25) is 4.90 Å². The molecule has 140 valence electrons. The number of piperidine rings is 1. The van der Waals surface area contributed by atoms with Crippen LogP contribution in [0.15, 0.2) is 77.3 Å². The van der Waals surface area contributed by atoms with Crippen molar-refractivity contribution in [2.75, 3.05) is 13.1 Å². The molecule has 0 radical (unpaired) electrons. The zero-order valence-corrected chi connectivity index (χ0v) is 15.8. The van der Waals surface area contributed by atoms with Crippen LogP contribution in [-0.2, 0) is 6.54 Å². The third kappa shape index (κ3) is 3.43. The molecule has 5 rings (SSSR count). The van der Waals surface area contributed by atoms with Crippen LogP contribution in [0.2, 0.25) is 0 Å². The van der Waals surface area contributed by atoms with Gasteiger partial charge in [0.25, 0.3) is 0 Å². The van der Waals surface area contributed by atoms with E-state index < -0.39 is 0 Å². The molecule has 0 bridgehead atoms. The fraction of sp³-hybridized carbons (Fsp3) is 0.250. The van der Waals surface area contributed by atoms with E-state index >= 15 is 0 Å². The van der Waals surface area contributed by atoms with Crippen LogP contribution in [0.25, 0.3) is 22.2 Å². The van der Waals surface area contributed by atoms with Gasteiger partial charge in [-0.05, 0) is 42.3 Å². The van der Waals surface area contributed by atoms with Gasteiger partial charge in [-0.15, -0.1) is 0 Å². The second kappa shape index (κ2) is 7.56. The maximum atomic E-state index is 5.59. The lowest BCUT2D eigenvalue weighted by molar-refractivity contribution is 0.188. The van der Waals surface area contributed by atoms with Crippen molar-refractivity contribution < 1.29 is 4.52 Å². The first-order valence-electron chi connectivity index (χ1n) is 9.95. The third-order valence-corrected chi connectivity index (χ3v) is 5.68. The quantitative estimate of drug-likeness (QED) is 0.491. The molecule has 1 aliphatic heterocycles. The van der Waals surface area contributed by atoms with Gasteiger partial charge in [0.1, 0.15) is 0 Å². The first-order chi connectivity index (χ1) is 13.9. The van der Waals surface area contributed by atoms with Crippen molar-refractivity contribution in [2.24, 2.45) is 0 Å². The highest BCUT2D eigenvalue weighted by atomic mass is 16.5. The summed E-state index contributed by atoms with van der Waals surface area (Å²) in [6.07, 6.45) is 2.11. The molecule has 0 saturated carbocycles. The molecule has 1 aliphatic rings. The summed E-state index contributed by atoms with van der Waals surface area (Å²) in [7, 11) is 0. The molecule has 2 heterocycles. The van der Waals surface area contributed by atoms with Crippen molar-refractivity contribution in [2.45, 2.75) is 25.3 Å². The van der Waals surface area contributed by atoms with E-state index in [9.17, 15) is 0 Å². The summed E-state index contributed by atoms with van der Waals surface area (Å²) in [5, 5.41) is 6.85. The molecule has 0 spiro atoms. The molecule has 1 saturated heterocycles. The van der Waals surface area contributed by atoms with Crippen LogP contribution in [0, 0.1) is 0 Å². The SMILES string of the molecule is c1ccc(-c2noc(C3CCN(Cc4cccc5ccccc45)CC3)n2)cc1. The van der Waals surface area contributed by atoms with Gasteiger partial charge in [-0.2, -0.15) is 4.98 Å². The van der Waals surface area contributed by atoms with E-state index in [4.69, 9.17) is 4.52 Å². The minimum Gasteiger partial charge on any atom is -0.339 e. The molecule has 0 unspecified atom stereocenters. The summed E-state index contributed by atoms with van der Waals surface area (Å²) in [6.45, 7) is 3.10. The summed E-state index contributed by atoms with van der Waals surface area (Å²) in [5.41, 5.74) is 2.41. The van der Waals surface area contributed by atoms with E-state index in [1.807, 2.05) is 30.3 Å². The number of nitrogens with zero attached hydrogens (tertiary/aromatic N) is 3. The second-order valence-corrected chi connectivity index (χ2v) is 7.51. The van der Waals surface area contributed by atoms with Crippen molar-refractivity contribution in [3.63, 3.8) is 0 Å². The normalized spacial score (nSPS) is 15.9. The molecule has 4 heteroatoms. The van der Waals surface area contributed by atoms with E-state index in [0.717, 1.165) is 43.9 Å². The van der Waals surface area contributed by atoms with Gasteiger partial charge in [0.15, 0.2) is 0 Å². The fourth-order valence-corrected chi connectivity index (χ4v) is 4.11. The van der Waals surface area contributed by atoms with Gasteiger partial charge in [-0.1, -0.05) is 78.0 Å². The van der Waals surface area contributed by atoms with E-state index in [-0.39, 0.29) is 0 Å². The average molecular weight is 369 g/mol. The predicted molar refractivity (Wildman–Crippen MR) is 111 cm³/mol. The molecule has 0 atom stereocenters. The number of hydrogen-bond donors (Lipinski definition) is 0. The van der Waals surface area contributed by atoms with Crippen molar-refractivity contribution >= 4 is 10.8 Å². The van der Waals surface area contributed by atoms with Crippen LogP contribution in [0.3, 0.4) is 0 Å². The molecule has 4 aromatic rings. The van der Waals surface area contributed by atoms with E-state index in [0.29, 0.717) is 11.7 Å². The van der Waals surface area contributed by atoms with Crippen LogP contribution < -0.4 is 0 Å². The van der Waals surface area contributed by atoms with Crippen LogP contribution >= 0.6 is 0 Å². The average Bonchev–Trinajstić information content (AvgIpc) is 3.26. The Morgan fingerprint density at radius 1 is 0.857 bits per heavy atom. The summed E-state index contributed by atoms with van der Waals surface area (Å²) in [4.78, 5) is 7.19. The highest BCUT2D eigenvalue weighted by molar-refractivity contribution is 5.85. The molecular weight excluding hydrogens is 346 g/mol.